The highest BCUT2D eigenvalue weighted by Crippen LogP contribution is 2.28. The van der Waals surface area contributed by atoms with Crippen molar-refractivity contribution in [1.29, 1.82) is 0 Å². The van der Waals surface area contributed by atoms with Crippen LogP contribution in [0.1, 0.15) is 5.56 Å². The number of benzene rings is 2. The Balaban J connectivity index is 1.56. The third kappa shape index (κ3) is 5.20. The molecule has 1 aliphatic heterocycles. The summed E-state index contributed by atoms with van der Waals surface area (Å²) < 4.78 is 5.37. The number of hydrogen-bond donors (Lipinski definition) is 0. The summed E-state index contributed by atoms with van der Waals surface area (Å²) in [5.74, 6) is 0.762. The van der Waals surface area contributed by atoms with Crippen LogP contribution in [-0.2, 0) is 11.3 Å². The van der Waals surface area contributed by atoms with Crippen LogP contribution in [0.25, 0.3) is 0 Å². The first-order valence-corrected chi connectivity index (χ1v) is 10.0. The molecule has 0 aliphatic carbocycles. The molecule has 0 spiro atoms. The zero-order valence-electron chi connectivity index (χ0n) is 17.1. The number of rotatable bonds is 7. The second kappa shape index (κ2) is 9.77. The van der Waals surface area contributed by atoms with Crippen LogP contribution in [0, 0.1) is 10.1 Å². The minimum Gasteiger partial charge on any atom is -0.496 e. The number of halogens is 1. The molecule has 1 aliphatic rings. The van der Waals surface area contributed by atoms with E-state index in [0.29, 0.717) is 43.4 Å². The summed E-state index contributed by atoms with van der Waals surface area (Å²) in [6.07, 6.45) is 0. The van der Waals surface area contributed by atoms with Crippen LogP contribution in [0.3, 0.4) is 0 Å². The highest BCUT2D eigenvalue weighted by molar-refractivity contribution is 6.30. The largest absolute Gasteiger partial charge is 0.496 e. The first kappa shape index (κ1) is 21.9. The number of carbonyl (C=O) groups is 1. The van der Waals surface area contributed by atoms with Crippen molar-refractivity contribution < 1.29 is 14.5 Å². The molecule has 1 heterocycles. The van der Waals surface area contributed by atoms with Crippen LogP contribution in [0.15, 0.2) is 42.5 Å². The quantitative estimate of drug-likeness (QED) is 0.494. The van der Waals surface area contributed by atoms with Crippen molar-refractivity contribution >= 4 is 28.9 Å². The van der Waals surface area contributed by atoms with Crippen molar-refractivity contribution in [3.63, 3.8) is 0 Å². The van der Waals surface area contributed by atoms with Gasteiger partial charge < -0.3 is 14.5 Å². The van der Waals surface area contributed by atoms with Crippen LogP contribution in [0.4, 0.5) is 11.4 Å². The zero-order valence-corrected chi connectivity index (χ0v) is 17.8. The van der Waals surface area contributed by atoms with E-state index in [1.54, 1.807) is 36.3 Å². The van der Waals surface area contributed by atoms with Gasteiger partial charge in [-0.15, -0.1) is 0 Å². The van der Waals surface area contributed by atoms with Crippen molar-refractivity contribution in [2.45, 2.75) is 6.54 Å². The van der Waals surface area contributed by atoms with E-state index in [9.17, 15) is 14.9 Å². The molecule has 8 nitrogen and oxygen atoms in total. The SMILES string of the molecule is COc1ccc(Cl)cc1CN(C)CC(=O)N1CCN(c2ccccc2[N+](=O)[O-])CC1. The molecule has 1 fully saturated rings. The van der Waals surface area contributed by atoms with Crippen LogP contribution < -0.4 is 9.64 Å². The van der Waals surface area contributed by atoms with Crippen molar-refractivity contribution in [1.82, 2.24) is 9.80 Å². The number of para-hydroxylation sites is 2. The van der Waals surface area contributed by atoms with Crippen LogP contribution >= 0.6 is 11.6 Å². The molecular formula is C21H25ClN4O4. The van der Waals surface area contributed by atoms with E-state index in [-0.39, 0.29) is 23.1 Å². The number of piperazine rings is 1. The summed E-state index contributed by atoms with van der Waals surface area (Å²) >= 11 is 6.08. The second-order valence-corrected chi connectivity index (χ2v) is 7.68. The molecule has 2 aromatic carbocycles. The predicted molar refractivity (Wildman–Crippen MR) is 116 cm³/mol. The van der Waals surface area contributed by atoms with Gasteiger partial charge in [-0.25, -0.2) is 0 Å². The lowest BCUT2D eigenvalue weighted by atomic mass is 10.2. The van der Waals surface area contributed by atoms with Gasteiger partial charge in [-0.1, -0.05) is 23.7 Å². The van der Waals surface area contributed by atoms with E-state index in [1.807, 2.05) is 29.0 Å². The summed E-state index contributed by atoms with van der Waals surface area (Å²) in [4.78, 5) is 29.3. The molecule has 1 saturated heterocycles. The molecule has 0 aromatic heterocycles. The fraction of sp³-hybridized carbons (Fsp3) is 0.381. The smallest absolute Gasteiger partial charge is 0.292 e. The average Bonchev–Trinajstić information content (AvgIpc) is 2.74. The maximum atomic E-state index is 12.7. The van der Waals surface area contributed by atoms with Gasteiger partial charge in [0.25, 0.3) is 5.69 Å². The van der Waals surface area contributed by atoms with Gasteiger partial charge in [-0.2, -0.15) is 0 Å². The number of anilines is 1. The monoisotopic (exact) mass is 432 g/mol. The second-order valence-electron chi connectivity index (χ2n) is 7.24. The Hall–Kier alpha value is -2.84. The van der Waals surface area contributed by atoms with Gasteiger partial charge in [-0.05, 0) is 31.3 Å². The highest BCUT2D eigenvalue weighted by atomic mass is 35.5. The molecule has 0 unspecified atom stereocenters. The van der Waals surface area contributed by atoms with E-state index in [4.69, 9.17) is 16.3 Å². The molecule has 0 radical (unpaired) electrons. The maximum absolute atomic E-state index is 12.7. The van der Waals surface area contributed by atoms with Crippen molar-refractivity contribution in [2.75, 3.05) is 51.8 Å². The third-order valence-corrected chi connectivity index (χ3v) is 5.37. The Morgan fingerprint density at radius 1 is 1.20 bits per heavy atom. The molecule has 160 valence electrons. The third-order valence-electron chi connectivity index (χ3n) is 5.14. The zero-order chi connectivity index (χ0) is 21.7. The van der Waals surface area contributed by atoms with Crippen molar-refractivity contribution in [3.05, 3.63) is 63.2 Å². The van der Waals surface area contributed by atoms with E-state index in [0.717, 1.165) is 11.3 Å². The first-order valence-electron chi connectivity index (χ1n) is 9.66. The van der Waals surface area contributed by atoms with Crippen molar-refractivity contribution in [2.24, 2.45) is 0 Å². The van der Waals surface area contributed by atoms with Gasteiger partial charge >= 0.3 is 0 Å². The number of carbonyl (C=O) groups excluding carboxylic acids is 1. The standard InChI is InChI=1S/C21H25ClN4O4/c1-23(14-16-13-17(22)7-8-20(16)30-2)15-21(27)25-11-9-24(10-12-25)18-5-3-4-6-19(18)26(28)29/h3-8,13H,9-12,14-15H2,1-2H3. The number of likely N-dealkylation sites (N-methyl/N-ethyl adjacent to an activating group) is 1. The number of nitrogens with zero attached hydrogens (tertiary/aromatic N) is 4. The van der Waals surface area contributed by atoms with Gasteiger partial charge in [0.2, 0.25) is 5.91 Å². The molecular weight excluding hydrogens is 408 g/mol. The summed E-state index contributed by atoms with van der Waals surface area (Å²) in [5.41, 5.74) is 1.61. The Morgan fingerprint density at radius 3 is 2.57 bits per heavy atom. The molecule has 1 amide bonds. The normalized spacial score (nSPS) is 14.1. The Labute approximate surface area is 180 Å². The molecule has 0 bridgehead atoms. The summed E-state index contributed by atoms with van der Waals surface area (Å²) in [7, 11) is 3.48. The number of ether oxygens (including phenoxy) is 1. The number of nitro benzene ring substituents is 1. The van der Waals surface area contributed by atoms with Crippen LogP contribution in [0.5, 0.6) is 5.75 Å². The minimum atomic E-state index is -0.369. The van der Waals surface area contributed by atoms with Crippen LogP contribution in [0.2, 0.25) is 5.02 Å². The Bertz CT molecular complexity index is 916. The first-order chi connectivity index (χ1) is 14.4. The van der Waals surface area contributed by atoms with Crippen LogP contribution in [-0.4, -0.2) is 67.5 Å². The fourth-order valence-corrected chi connectivity index (χ4v) is 3.83. The molecule has 0 N–H and O–H groups in total. The van der Waals surface area contributed by atoms with Gasteiger partial charge in [0.1, 0.15) is 11.4 Å². The molecule has 0 atom stereocenters. The van der Waals surface area contributed by atoms with Gasteiger partial charge in [0, 0.05) is 49.4 Å². The van der Waals surface area contributed by atoms with Gasteiger partial charge in [0.15, 0.2) is 0 Å². The highest BCUT2D eigenvalue weighted by Gasteiger charge is 2.26. The number of hydrogen-bond acceptors (Lipinski definition) is 6. The minimum absolute atomic E-state index is 0.0284. The molecule has 0 saturated carbocycles. The number of amides is 1. The summed E-state index contributed by atoms with van der Waals surface area (Å²) in [6, 6.07) is 12.1. The lowest BCUT2D eigenvalue weighted by Gasteiger charge is -2.36. The molecule has 2 aromatic rings. The molecule has 30 heavy (non-hydrogen) atoms. The van der Waals surface area contributed by atoms with Gasteiger partial charge in [-0.3, -0.25) is 19.8 Å². The Morgan fingerprint density at radius 2 is 1.90 bits per heavy atom. The summed E-state index contributed by atoms with van der Waals surface area (Å²) in [5, 5.41) is 11.9. The molecule has 9 heteroatoms. The predicted octanol–water partition coefficient (Wildman–Crippen LogP) is 3.04. The van der Waals surface area contributed by atoms with E-state index in [2.05, 4.69) is 0 Å². The van der Waals surface area contributed by atoms with E-state index in [1.165, 1.54) is 6.07 Å². The van der Waals surface area contributed by atoms with E-state index < -0.39 is 0 Å². The number of nitro groups is 1. The average molecular weight is 433 g/mol. The lowest BCUT2D eigenvalue weighted by molar-refractivity contribution is -0.384. The Kier molecular flexibility index (Phi) is 7.12. The lowest BCUT2D eigenvalue weighted by Crippen LogP contribution is -2.51. The maximum Gasteiger partial charge on any atom is 0.292 e. The number of methoxy groups -OCH3 is 1. The van der Waals surface area contributed by atoms with E-state index >= 15 is 0 Å². The summed E-state index contributed by atoms with van der Waals surface area (Å²) in [6.45, 7) is 2.97. The van der Waals surface area contributed by atoms with Crippen molar-refractivity contribution in [3.8, 4) is 5.75 Å². The topological polar surface area (TPSA) is 79.2 Å². The molecule has 3 rings (SSSR count). The van der Waals surface area contributed by atoms with Gasteiger partial charge in [0.05, 0.1) is 18.6 Å². The fourth-order valence-electron chi connectivity index (χ4n) is 3.63.